The second-order valence-corrected chi connectivity index (χ2v) is 5.05. The molecule has 1 fully saturated rings. The van der Waals surface area contributed by atoms with Crippen LogP contribution in [0.2, 0.25) is 0 Å². The highest BCUT2D eigenvalue weighted by Crippen LogP contribution is 2.29. The van der Waals surface area contributed by atoms with E-state index in [2.05, 4.69) is 0 Å². The van der Waals surface area contributed by atoms with Gasteiger partial charge in [-0.05, 0) is 26.0 Å². The van der Waals surface area contributed by atoms with Crippen LogP contribution in [0, 0.1) is 13.8 Å². The Labute approximate surface area is 116 Å². The van der Waals surface area contributed by atoms with Crippen LogP contribution in [0.3, 0.4) is 0 Å². The first-order chi connectivity index (χ1) is 9.59. The number of nitrogens with zero attached hydrogens (tertiary/aromatic N) is 1. The minimum Gasteiger partial charge on any atom is -0.508 e. The first-order valence-electron chi connectivity index (χ1n) is 6.68. The largest absolute Gasteiger partial charge is 0.508 e. The van der Waals surface area contributed by atoms with Crippen molar-refractivity contribution in [1.82, 2.24) is 0 Å². The summed E-state index contributed by atoms with van der Waals surface area (Å²) < 4.78 is 11.3. The van der Waals surface area contributed by atoms with Crippen LogP contribution in [0.4, 0.5) is 5.88 Å². The van der Waals surface area contributed by atoms with Crippen LogP contribution in [-0.4, -0.2) is 31.4 Å². The van der Waals surface area contributed by atoms with E-state index in [4.69, 9.17) is 9.15 Å². The van der Waals surface area contributed by atoms with Crippen LogP contribution in [0.25, 0.3) is 11.0 Å². The molecule has 0 spiro atoms. The van der Waals surface area contributed by atoms with E-state index in [1.807, 2.05) is 4.90 Å². The van der Waals surface area contributed by atoms with Crippen molar-refractivity contribution >= 4 is 16.9 Å². The van der Waals surface area contributed by atoms with Crippen molar-refractivity contribution in [3.8, 4) is 5.75 Å². The minimum absolute atomic E-state index is 0.0455. The van der Waals surface area contributed by atoms with Gasteiger partial charge in [-0.3, -0.25) is 4.79 Å². The van der Waals surface area contributed by atoms with Crippen LogP contribution in [0.5, 0.6) is 5.75 Å². The third-order valence-corrected chi connectivity index (χ3v) is 3.78. The maximum absolute atomic E-state index is 12.5. The fraction of sp³-hybridized carbons (Fsp3) is 0.400. The number of rotatable bonds is 1. The fourth-order valence-electron chi connectivity index (χ4n) is 2.53. The van der Waals surface area contributed by atoms with Gasteiger partial charge in [-0.15, -0.1) is 0 Å². The quantitative estimate of drug-likeness (QED) is 0.862. The molecule has 1 aromatic heterocycles. The van der Waals surface area contributed by atoms with Crippen molar-refractivity contribution < 1.29 is 14.3 Å². The maximum atomic E-state index is 12.5. The number of hydrogen-bond acceptors (Lipinski definition) is 5. The zero-order valence-electron chi connectivity index (χ0n) is 11.6. The topological polar surface area (TPSA) is 62.9 Å². The Hall–Kier alpha value is -2.01. The van der Waals surface area contributed by atoms with Crippen molar-refractivity contribution in [2.75, 3.05) is 31.2 Å². The van der Waals surface area contributed by atoms with Gasteiger partial charge in [0.2, 0.25) is 5.88 Å². The summed E-state index contributed by atoms with van der Waals surface area (Å²) in [5.41, 5.74) is 1.61. The van der Waals surface area contributed by atoms with Crippen molar-refractivity contribution in [2.24, 2.45) is 0 Å². The van der Waals surface area contributed by atoms with Gasteiger partial charge in [-0.2, -0.15) is 0 Å². The fourth-order valence-corrected chi connectivity index (χ4v) is 2.53. The average molecular weight is 275 g/mol. The normalized spacial score (nSPS) is 15.8. The van der Waals surface area contributed by atoms with Gasteiger partial charge in [0, 0.05) is 18.7 Å². The summed E-state index contributed by atoms with van der Waals surface area (Å²) in [6, 6.07) is 3.14. The molecule has 0 unspecified atom stereocenters. The summed E-state index contributed by atoms with van der Waals surface area (Å²) in [5, 5.41) is 10.3. The molecular weight excluding hydrogens is 258 g/mol. The van der Waals surface area contributed by atoms with E-state index in [1.165, 1.54) is 6.07 Å². The number of hydrogen-bond donors (Lipinski definition) is 1. The SMILES string of the molecule is Cc1c(N2CCOCC2)oc2c(C)c(O)ccc2c1=O. The van der Waals surface area contributed by atoms with E-state index >= 15 is 0 Å². The molecule has 1 saturated heterocycles. The van der Waals surface area contributed by atoms with Crippen LogP contribution in [-0.2, 0) is 4.74 Å². The van der Waals surface area contributed by atoms with Gasteiger partial charge in [0.15, 0.2) is 5.43 Å². The summed E-state index contributed by atoms with van der Waals surface area (Å²) in [7, 11) is 0. The van der Waals surface area contributed by atoms with Gasteiger partial charge in [0.25, 0.3) is 0 Å². The summed E-state index contributed by atoms with van der Waals surface area (Å²) in [5.74, 6) is 0.719. The molecule has 0 radical (unpaired) electrons. The Morgan fingerprint density at radius 1 is 1.15 bits per heavy atom. The lowest BCUT2D eigenvalue weighted by molar-refractivity contribution is 0.120. The number of phenolic OH excluding ortho intramolecular Hbond substituents is 1. The molecule has 5 heteroatoms. The highest BCUT2D eigenvalue weighted by Gasteiger charge is 2.20. The van der Waals surface area contributed by atoms with Crippen molar-refractivity contribution in [2.45, 2.75) is 13.8 Å². The molecular formula is C15H17NO4. The standard InChI is InChI=1S/C15H17NO4/c1-9-12(17)4-3-11-13(18)10(2)15(20-14(9)11)16-5-7-19-8-6-16/h3-4,17H,5-8H2,1-2H3. The van der Waals surface area contributed by atoms with Crippen LogP contribution >= 0.6 is 0 Å². The van der Waals surface area contributed by atoms with E-state index < -0.39 is 0 Å². The van der Waals surface area contributed by atoms with Crippen molar-refractivity contribution in [3.63, 3.8) is 0 Å². The van der Waals surface area contributed by atoms with Gasteiger partial charge in [-0.1, -0.05) is 0 Å². The molecule has 2 heterocycles. The molecule has 1 aliphatic rings. The predicted molar refractivity (Wildman–Crippen MR) is 76.7 cm³/mol. The zero-order valence-corrected chi connectivity index (χ0v) is 11.6. The van der Waals surface area contributed by atoms with E-state index in [-0.39, 0.29) is 11.2 Å². The zero-order chi connectivity index (χ0) is 14.3. The third kappa shape index (κ3) is 1.94. The van der Waals surface area contributed by atoms with Gasteiger partial charge in [-0.25, -0.2) is 0 Å². The molecule has 0 atom stereocenters. The lowest BCUT2D eigenvalue weighted by Crippen LogP contribution is -2.37. The first kappa shape index (κ1) is 13.0. The van der Waals surface area contributed by atoms with Gasteiger partial charge in [0.05, 0.1) is 24.2 Å². The Bertz CT molecular complexity index is 714. The van der Waals surface area contributed by atoms with Crippen molar-refractivity contribution in [1.29, 1.82) is 0 Å². The Balaban J connectivity index is 2.25. The molecule has 0 saturated carbocycles. The summed E-state index contributed by atoms with van der Waals surface area (Å²) in [6.45, 7) is 6.18. The molecule has 20 heavy (non-hydrogen) atoms. The molecule has 3 rings (SSSR count). The number of anilines is 1. The van der Waals surface area contributed by atoms with Crippen LogP contribution in [0.1, 0.15) is 11.1 Å². The van der Waals surface area contributed by atoms with E-state index in [0.29, 0.717) is 54.3 Å². The summed E-state index contributed by atoms with van der Waals surface area (Å²) in [4.78, 5) is 14.5. The molecule has 5 nitrogen and oxygen atoms in total. The molecule has 0 aliphatic carbocycles. The number of ether oxygens (including phenoxy) is 1. The number of benzene rings is 1. The molecule has 0 amide bonds. The molecule has 1 N–H and O–H groups in total. The lowest BCUT2D eigenvalue weighted by atomic mass is 10.1. The van der Waals surface area contributed by atoms with E-state index in [0.717, 1.165) is 0 Å². The third-order valence-electron chi connectivity index (χ3n) is 3.78. The Morgan fingerprint density at radius 2 is 1.85 bits per heavy atom. The van der Waals surface area contributed by atoms with E-state index in [1.54, 1.807) is 19.9 Å². The molecule has 2 aromatic rings. The number of morpholine rings is 1. The number of aromatic hydroxyl groups is 1. The number of aryl methyl sites for hydroxylation is 1. The Kier molecular flexibility index (Phi) is 3.14. The summed E-state index contributed by atoms with van der Waals surface area (Å²) >= 11 is 0. The Morgan fingerprint density at radius 3 is 2.55 bits per heavy atom. The average Bonchev–Trinajstić information content (AvgIpc) is 2.47. The van der Waals surface area contributed by atoms with Crippen LogP contribution < -0.4 is 10.3 Å². The molecule has 1 aromatic carbocycles. The minimum atomic E-state index is -0.0455. The molecule has 1 aliphatic heterocycles. The molecule has 0 bridgehead atoms. The van der Waals surface area contributed by atoms with E-state index in [9.17, 15) is 9.90 Å². The monoisotopic (exact) mass is 275 g/mol. The summed E-state index contributed by atoms with van der Waals surface area (Å²) in [6.07, 6.45) is 0. The van der Waals surface area contributed by atoms with Crippen molar-refractivity contribution in [3.05, 3.63) is 33.5 Å². The first-order valence-corrected chi connectivity index (χ1v) is 6.68. The van der Waals surface area contributed by atoms with Gasteiger partial charge >= 0.3 is 0 Å². The second kappa shape index (κ2) is 4.83. The second-order valence-electron chi connectivity index (χ2n) is 5.05. The predicted octanol–water partition coefficient (Wildman–Crippen LogP) is 1.95. The lowest BCUT2D eigenvalue weighted by Gasteiger charge is -2.28. The van der Waals surface area contributed by atoms with Gasteiger partial charge < -0.3 is 19.2 Å². The molecule has 106 valence electrons. The number of phenols is 1. The van der Waals surface area contributed by atoms with Crippen LogP contribution in [0.15, 0.2) is 21.3 Å². The maximum Gasteiger partial charge on any atom is 0.203 e. The smallest absolute Gasteiger partial charge is 0.203 e. The highest BCUT2D eigenvalue weighted by atomic mass is 16.5. The number of fused-ring (bicyclic) bond motifs is 1. The van der Waals surface area contributed by atoms with Gasteiger partial charge in [0.1, 0.15) is 11.3 Å². The highest BCUT2D eigenvalue weighted by molar-refractivity contribution is 5.83.